The second-order valence-corrected chi connectivity index (χ2v) is 11.5. The van der Waals surface area contributed by atoms with E-state index in [1.54, 1.807) is 18.2 Å². The zero-order valence-electron chi connectivity index (χ0n) is 20.9. The van der Waals surface area contributed by atoms with Crippen molar-refractivity contribution in [3.63, 3.8) is 0 Å². The molecule has 0 saturated heterocycles. The maximum absolute atomic E-state index is 13.4. The number of carboxylic acid groups (broad SMARTS) is 1. The zero-order valence-corrected chi connectivity index (χ0v) is 22.5. The summed E-state index contributed by atoms with van der Waals surface area (Å²) in [6, 6.07) is 18.5. The number of fused-ring (bicyclic) bond motifs is 1. The second-order valence-electron chi connectivity index (χ2n) is 9.22. The van der Waals surface area contributed by atoms with Crippen molar-refractivity contribution in [2.75, 3.05) is 16.2 Å². The number of aromatic carboxylic acids is 1. The highest BCUT2D eigenvalue weighted by Gasteiger charge is 2.32. The van der Waals surface area contributed by atoms with Gasteiger partial charge >= 0.3 is 12.1 Å². The number of benzene rings is 4. The van der Waals surface area contributed by atoms with Crippen LogP contribution < -0.4 is 9.62 Å². The molecule has 0 unspecified atom stereocenters. The summed E-state index contributed by atoms with van der Waals surface area (Å²) in [5.74, 6) is -2.13. The van der Waals surface area contributed by atoms with Crippen molar-refractivity contribution in [2.45, 2.75) is 17.5 Å². The van der Waals surface area contributed by atoms with Crippen molar-refractivity contribution in [2.24, 2.45) is 0 Å². The molecule has 0 fully saturated rings. The minimum atomic E-state index is -4.51. The van der Waals surface area contributed by atoms with Crippen LogP contribution in [-0.2, 0) is 22.6 Å². The van der Waals surface area contributed by atoms with Gasteiger partial charge in [-0.05, 0) is 83.8 Å². The van der Waals surface area contributed by atoms with Gasteiger partial charge in [-0.3, -0.25) is 9.10 Å². The van der Waals surface area contributed by atoms with Gasteiger partial charge in [0.2, 0.25) is 0 Å². The van der Waals surface area contributed by atoms with Crippen LogP contribution in [0, 0.1) is 0 Å². The Morgan fingerprint density at radius 3 is 2.29 bits per heavy atom. The van der Waals surface area contributed by atoms with E-state index in [2.05, 4.69) is 5.32 Å². The molecule has 7 nitrogen and oxygen atoms in total. The highest BCUT2D eigenvalue weighted by Crippen LogP contribution is 2.35. The molecule has 41 heavy (non-hydrogen) atoms. The van der Waals surface area contributed by atoms with Crippen LogP contribution in [0.4, 0.5) is 24.5 Å². The lowest BCUT2D eigenvalue weighted by molar-refractivity contribution is -0.137. The van der Waals surface area contributed by atoms with Crippen LogP contribution in [0.15, 0.2) is 89.8 Å². The quantitative estimate of drug-likeness (QED) is 0.255. The molecule has 0 saturated carbocycles. The SMILES string of the molecule is O=C(Nc1ccc(-c2ccc(C(F)(F)F)cc2)cc1C(=O)O)c1cccc(S(=O)(=O)N2CCc3cc(Cl)ccc32)c1. The van der Waals surface area contributed by atoms with E-state index < -0.39 is 33.6 Å². The standard InChI is InChI=1S/C29H20ClF3N2O5S/c30-22-9-11-26-19(14-22)12-13-35(26)41(39,40)23-3-1-2-20(15-23)27(36)34-25-10-6-18(16-24(25)28(37)38)17-4-7-21(8-5-17)29(31,32)33/h1-11,14-16H,12-13H2,(H,34,36)(H,37,38). The third kappa shape index (κ3) is 5.63. The molecule has 210 valence electrons. The summed E-state index contributed by atoms with van der Waals surface area (Å²) < 4.78 is 66.8. The monoisotopic (exact) mass is 600 g/mol. The lowest BCUT2D eigenvalue weighted by Gasteiger charge is -2.20. The van der Waals surface area contributed by atoms with Gasteiger partial charge in [0.1, 0.15) is 0 Å². The van der Waals surface area contributed by atoms with E-state index in [9.17, 15) is 36.3 Å². The number of hydrogen-bond acceptors (Lipinski definition) is 4. The van der Waals surface area contributed by atoms with Crippen LogP contribution in [0.25, 0.3) is 11.1 Å². The van der Waals surface area contributed by atoms with Crippen molar-refractivity contribution in [3.05, 3.63) is 112 Å². The summed E-state index contributed by atoms with van der Waals surface area (Å²) in [5.41, 5.74) is 0.732. The van der Waals surface area contributed by atoms with Crippen molar-refractivity contribution in [3.8, 4) is 11.1 Å². The fourth-order valence-electron chi connectivity index (χ4n) is 4.57. The molecule has 1 amide bonds. The highest BCUT2D eigenvalue weighted by molar-refractivity contribution is 7.92. The van der Waals surface area contributed by atoms with Crippen molar-refractivity contribution in [1.82, 2.24) is 0 Å². The molecule has 2 N–H and O–H groups in total. The van der Waals surface area contributed by atoms with Gasteiger partial charge in [0.15, 0.2) is 0 Å². The number of anilines is 2. The van der Waals surface area contributed by atoms with E-state index in [4.69, 9.17) is 11.6 Å². The normalized spacial score (nSPS) is 13.1. The number of nitrogens with zero attached hydrogens (tertiary/aromatic N) is 1. The number of halogens is 4. The molecule has 4 aromatic rings. The van der Waals surface area contributed by atoms with Gasteiger partial charge in [-0.15, -0.1) is 0 Å². The summed E-state index contributed by atoms with van der Waals surface area (Å²) in [6.07, 6.45) is -4.03. The fraction of sp³-hybridized carbons (Fsp3) is 0.103. The lowest BCUT2D eigenvalue weighted by atomic mass is 10.00. The Balaban J connectivity index is 1.40. The molecule has 1 aliphatic rings. The first-order valence-electron chi connectivity index (χ1n) is 12.1. The number of sulfonamides is 1. The van der Waals surface area contributed by atoms with Gasteiger partial charge in [0.05, 0.1) is 27.4 Å². The molecular formula is C29H20ClF3N2O5S. The predicted octanol–water partition coefficient (Wildman–Crippen LogP) is 6.73. The average molecular weight is 601 g/mol. The van der Waals surface area contributed by atoms with E-state index in [1.165, 1.54) is 58.9 Å². The summed E-state index contributed by atoms with van der Waals surface area (Å²) in [4.78, 5) is 24.9. The topological polar surface area (TPSA) is 104 Å². The van der Waals surface area contributed by atoms with Crippen LogP contribution >= 0.6 is 11.6 Å². The van der Waals surface area contributed by atoms with Gasteiger partial charge in [0, 0.05) is 17.1 Å². The van der Waals surface area contributed by atoms with Gasteiger partial charge in [-0.25, -0.2) is 13.2 Å². The Morgan fingerprint density at radius 2 is 1.61 bits per heavy atom. The minimum absolute atomic E-state index is 0.0234. The molecule has 0 bridgehead atoms. The second kappa shape index (κ2) is 10.6. The van der Waals surface area contributed by atoms with Gasteiger partial charge < -0.3 is 10.4 Å². The van der Waals surface area contributed by atoms with Crippen molar-refractivity contribution < 1.29 is 36.3 Å². The van der Waals surface area contributed by atoms with Gasteiger partial charge in [0.25, 0.3) is 15.9 Å². The first-order chi connectivity index (χ1) is 19.3. The molecule has 0 spiro atoms. The Bertz CT molecular complexity index is 1790. The average Bonchev–Trinajstić information content (AvgIpc) is 3.37. The van der Waals surface area contributed by atoms with Crippen LogP contribution in [-0.4, -0.2) is 31.9 Å². The molecular weight excluding hydrogens is 581 g/mol. The molecule has 0 radical (unpaired) electrons. The molecule has 5 rings (SSSR count). The molecule has 1 heterocycles. The summed E-state index contributed by atoms with van der Waals surface area (Å²) in [7, 11) is -4.02. The third-order valence-electron chi connectivity index (χ3n) is 6.62. The molecule has 1 aliphatic heterocycles. The van der Waals surface area contributed by atoms with Crippen LogP contribution in [0.3, 0.4) is 0 Å². The largest absolute Gasteiger partial charge is 0.478 e. The van der Waals surface area contributed by atoms with E-state index >= 15 is 0 Å². The molecule has 0 aromatic heterocycles. The van der Waals surface area contributed by atoms with Gasteiger partial charge in [-0.1, -0.05) is 35.9 Å². The smallest absolute Gasteiger partial charge is 0.416 e. The van der Waals surface area contributed by atoms with Gasteiger partial charge in [-0.2, -0.15) is 13.2 Å². The van der Waals surface area contributed by atoms with Crippen molar-refractivity contribution >= 4 is 44.9 Å². The van der Waals surface area contributed by atoms with E-state index in [1.807, 2.05) is 0 Å². The number of carboxylic acids is 1. The number of carbonyl (C=O) groups is 2. The predicted molar refractivity (Wildman–Crippen MR) is 148 cm³/mol. The molecule has 0 atom stereocenters. The highest BCUT2D eigenvalue weighted by atomic mass is 35.5. The first-order valence-corrected chi connectivity index (χ1v) is 13.9. The number of hydrogen-bond donors (Lipinski definition) is 2. The molecule has 12 heteroatoms. The summed E-state index contributed by atoms with van der Waals surface area (Å²) in [6.45, 7) is 0.210. The number of alkyl halides is 3. The fourth-order valence-corrected chi connectivity index (χ4v) is 6.31. The van der Waals surface area contributed by atoms with E-state index in [0.717, 1.165) is 17.7 Å². The zero-order chi connectivity index (χ0) is 29.5. The first kappa shape index (κ1) is 28.2. The Morgan fingerprint density at radius 1 is 0.902 bits per heavy atom. The number of nitrogens with one attached hydrogen (secondary N) is 1. The Labute approximate surface area is 237 Å². The summed E-state index contributed by atoms with van der Waals surface area (Å²) in [5, 5.41) is 12.7. The van der Waals surface area contributed by atoms with E-state index in [0.29, 0.717) is 28.3 Å². The Kier molecular flexibility index (Phi) is 7.26. The van der Waals surface area contributed by atoms with Crippen LogP contribution in [0.5, 0.6) is 0 Å². The van der Waals surface area contributed by atoms with Crippen LogP contribution in [0.1, 0.15) is 31.8 Å². The number of amides is 1. The Hall–Kier alpha value is -4.35. The number of rotatable bonds is 6. The lowest BCUT2D eigenvalue weighted by Crippen LogP contribution is -2.29. The maximum Gasteiger partial charge on any atom is 0.416 e. The maximum atomic E-state index is 13.4. The van der Waals surface area contributed by atoms with Crippen LogP contribution in [0.2, 0.25) is 5.02 Å². The summed E-state index contributed by atoms with van der Waals surface area (Å²) >= 11 is 6.03. The molecule has 0 aliphatic carbocycles. The molecule has 4 aromatic carbocycles. The van der Waals surface area contributed by atoms with E-state index in [-0.39, 0.29) is 28.3 Å². The third-order valence-corrected chi connectivity index (χ3v) is 8.67. The number of carbonyl (C=O) groups excluding carboxylic acids is 1. The minimum Gasteiger partial charge on any atom is -0.478 e. The van der Waals surface area contributed by atoms with Crippen molar-refractivity contribution in [1.29, 1.82) is 0 Å².